The van der Waals surface area contributed by atoms with Gasteiger partial charge in [-0.15, -0.1) is 0 Å². The van der Waals surface area contributed by atoms with Crippen molar-refractivity contribution in [3.63, 3.8) is 0 Å². The number of nitrogens with zero attached hydrogens (tertiary/aromatic N) is 8. The summed E-state index contributed by atoms with van der Waals surface area (Å²) < 4.78 is 57.4. The molecule has 0 aliphatic carbocycles. The number of ether oxygens (including phenoxy) is 2. The van der Waals surface area contributed by atoms with Gasteiger partial charge in [0, 0.05) is 83.1 Å². The van der Waals surface area contributed by atoms with Crippen molar-refractivity contribution in [3.05, 3.63) is 42.1 Å². The summed E-state index contributed by atoms with van der Waals surface area (Å²) >= 11 is 0. The molecule has 0 radical (unpaired) electrons. The largest absolute Gasteiger partial charge is 0.451 e. The molecule has 5 aliphatic heterocycles. The van der Waals surface area contributed by atoms with E-state index in [4.69, 9.17) is 9.47 Å². The molecule has 5 aliphatic rings. The van der Waals surface area contributed by atoms with Gasteiger partial charge < -0.3 is 24.2 Å². The highest BCUT2D eigenvalue weighted by molar-refractivity contribution is 7.86. The number of hydrogen-bond acceptors (Lipinski definition) is 10. The number of carbonyl (C=O) groups excluding carboxylic acids is 2. The van der Waals surface area contributed by atoms with E-state index < -0.39 is 21.6 Å². The number of fused-ring (bicyclic) bond motifs is 2. The van der Waals surface area contributed by atoms with Crippen LogP contribution in [0.25, 0.3) is 0 Å². The Hall–Kier alpha value is -3.60. The fraction of sp³-hybridized carbons (Fsp3) is 0.700. The molecule has 0 N–H and O–H groups in total. The van der Waals surface area contributed by atoms with E-state index in [0.717, 1.165) is 64.8 Å². The van der Waals surface area contributed by atoms with Crippen molar-refractivity contribution in [3.8, 4) is 11.5 Å². The van der Waals surface area contributed by atoms with Gasteiger partial charge in [-0.1, -0.05) is 0 Å². The Morgan fingerprint density at radius 2 is 1.61 bits per heavy atom. The molecule has 0 saturated carbocycles. The van der Waals surface area contributed by atoms with Crippen molar-refractivity contribution in [1.82, 2.24) is 33.3 Å². The maximum absolute atomic E-state index is 14.5. The molecule has 6 heterocycles. The molecule has 14 nitrogen and oxygen atoms in total. The van der Waals surface area contributed by atoms with Crippen LogP contribution in [-0.2, 0) is 14.9 Å². The lowest BCUT2D eigenvalue weighted by Gasteiger charge is -2.54. The van der Waals surface area contributed by atoms with Crippen LogP contribution in [0.4, 0.5) is 15.0 Å². The summed E-state index contributed by atoms with van der Waals surface area (Å²) in [6, 6.07) is 3.54. The predicted molar refractivity (Wildman–Crippen MR) is 210 cm³/mol. The second-order valence-electron chi connectivity index (χ2n) is 18.1. The highest BCUT2D eigenvalue weighted by Crippen LogP contribution is 2.43. The Morgan fingerprint density at radius 3 is 2.23 bits per heavy atom. The molecular weight excluding hydrogens is 740 g/mol. The van der Waals surface area contributed by atoms with Gasteiger partial charge in [0.2, 0.25) is 0 Å². The molecule has 308 valence electrons. The lowest BCUT2D eigenvalue weighted by molar-refractivity contribution is -0.0417. The Morgan fingerprint density at radius 1 is 0.946 bits per heavy atom. The number of hydrogen-bond donors (Lipinski definition) is 0. The number of piperazine rings is 1. The molecular formula is C40H59FN8O6S. The molecule has 2 aromatic rings. The van der Waals surface area contributed by atoms with Gasteiger partial charge in [0.25, 0.3) is 16.1 Å². The van der Waals surface area contributed by atoms with Crippen LogP contribution in [0, 0.1) is 17.2 Å². The molecule has 1 aromatic heterocycles. The van der Waals surface area contributed by atoms with Gasteiger partial charge in [-0.25, -0.2) is 19.2 Å². The summed E-state index contributed by atoms with van der Waals surface area (Å²) in [6.45, 7) is 19.4. The summed E-state index contributed by atoms with van der Waals surface area (Å²) in [5.41, 5.74) is -0.305. The highest BCUT2D eigenvalue weighted by Gasteiger charge is 2.51. The number of halogens is 1. The van der Waals surface area contributed by atoms with Gasteiger partial charge in [0.05, 0.1) is 11.8 Å². The van der Waals surface area contributed by atoms with Gasteiger partial charge in [-0.2, -0.15) is 17.0 Å². The third-order valence-electron chi connectivity index (χ3n) is 12.1. The summed E-state index contributed by atoms with van der Waals surface area (Å²) in [5, 5.41) is 0. The number of carbonyl (C=O) groups is 2. The Bertz CT molecular complexity index is 1850. The molecule has 16 heteroatoms. The van der Waals surface area contributed by atoms with Crippen molar-refractivity contribution in [2.45, 2.75) is 110 Å². The van der Waals surface area contributed by atoms with Crippen molar-refractivity contribution < 1.29 is 31.9 Å². The highest BCUT2D eigenvalue weighted by atomic mass is 32.2. The van der Waals surface area contributed by atoms with Crippen LogP contribution in [-0.4, -0.2) is 142 Å². The molecule has 56 heavy (non-hydrogen) atoms. The minimum absolute atomic E-state index is 0.0810. The summed E-state index contributed by atoms with van der Waals surface area (Å²) in [6.07, 6.45) is 6.98. The number of likely N-dealkylation sites (tertiary alicyclic amines) is 1. The summed E-state index contributed by atoms with van der Waals surface area (Å²) in [4.78, 5) is 43.5. The normalized spacial score (nSPS) is 24.6. The SMILES string of the molecule is CC(C)N(C(=O)c1cc(F)ccc1Oc1cncnc1N1CC[C@@H](CN2CC3(CCN(S(=O)(=O)N4CC5CCC(C4)N5C(=O)OC(C)(C)C)CC3)C2)C1)C(C)C. The average Bonchev–Trinajstić information content (AvgIpc) is 3.68. The molecule has 7 rings (SSSR count). The average molecular weight is 799 g/mol. The van der Waals surface area contributed by atoms with Crippen molar-refractivity contribution in [1.29, 1.82) is 0 Å². The lowest BCUT2D eigenvalue weighted by Crippen LogP contribution is -2.63. The first-order valence-electron chi connectivity index (χ1n) is 20.3. The predicted octanol–water partition coefficient (Wildman–Crippen LogP) is 5.22. The number of aromatic nitrogens is 2. The molecule has 5 fully saturated rings. The van der Waals surface area contributed by atoms with E-state index in [-0.39, 0.29) is 52.9 Å². The lowest BCUT2D eigenvalue weighted by atomic mass is 9.72. The van der Waals surface area contributed by atoms with Gasteiger partial charge in [-0.05, 0) is 110 Å². The van der Waals surface area contributed by atoms with E-state index in [9.17, 15) is 22.4 Å². The molecule has 5 saturated heterocycles. The molecule has 1 spiro atoms. The smallest absolute Gasteiger partial charge is 0.410 e. The van der Waals surface area contributed by atoms with Crippen molar-refractivity contribution in [2.75, 3.05) is 63.8 Å². The van der Waals surface area contributed by atoms with Crippen molar-refractivity contribution in [2.24, 2.45) is 11.3 Å². The summed E-state index contributed by atoms with van der Waals surface area (Å²) in [7, 11) is -3.62. The number of piperidine rings is 1. The van der Waals surface area contributed by atoms with Crippen LogP contribution in [0.2, 0.25) is 0 Å². The fourth-order valence-electron chi connectivity index (χ4n) is 9.61. The zero-order chi connectivity index (χ0) is 40.2. The van der Waals surface area contributed by atoms with E-state index in [1.165, 1.54) is 24.5 Å². The van der Waals surface area contributed by atoms with Crippen LogP contribution >= 0.6 is 0 Å². The first-order valence-corrected chi connectivity index (χ1v) is 21.7. The molecule has 1 aromatic carbocycles. The number of benzene rings is 1. The number of amides is 2. The van der Waals surface area contributed by atoms with Crippen LogP contribution in [0.15, 0.2) is 30.7 Å². The van der Waals surface area contributed by atoms with Crippen LogP contribution < -0.4 is 9.64 Å². The molecule has 3 atom stereocenters. The monoisotopic (exact) mass is 798 g/mol. The van der Waals surface area contributed by atoms with E-state index in [1.54, 1.807) is 24.6 Å². The van der Waals surface area contributed by atoms with Gasteiger partial charge in [0.1, 0.15) is 23.5 Å². The van der Waals surface area contributed by atoms with E-state index >= 15 is 0 Å². The Kier molecular flexibility index (Phi) is 11.3. The minimum Gasteiger partial charge on any atom is -0.451 e. The Balaban J connectivity index is 0.909. The van der Waals surface area contributed by atoms with Crippen LogP contribution in [0.1, 0.15) is 90.9 Å². The maximum Gasteiger partial charge on any atom is 0.410 e. The second kappa shape index (κ2) is 15.6. The minimum atomic E-state index is -3.62. The van der Waals surface area contributed by atoms with Gasteiger partial charge in [-0.3, -0.25) is 9.69 Å². The number of anilines is 1. The zero-order valence-electron chi connectivity index (χ0n) is 34.0. The first kappa shape index (κ1) is 40.6. The van der Waals surface area contributed by atoms with Crippen molar-refractivity contribution >= 4 is 28.0 Å². The standard InChI is InChI=1S/C40H59FN8O6S/c1-27(2)48(28(3)4)37(50)33-18-30(41)8-11-34(33)54-35-19-42-26-43-36(35)45-15-12-29(21-45)20-44-24-40(25-44)13-16-46(17-14-40)56(52,53)47-22-31-9-10-32(23-47)49(31)38(51)55-39(5,6)7/h8,11,18-19,26-29,31-32H,9-10,12-17,20-25H2,1-7H3/t29-,31?,32?/m0/s1. The van der Waals surface area contributed by atoms with Crippen LogP contribution in [0.5, 0.6) is 11.5 Å². The zero-order valence-corrected chi connectivity index (χ0v) is 34.8. The third-order valence-corrected chi connectivity index (χ3v) is 14.1. The first-order chi connectivity index (χ1) is 26.4. The van der Waals surface area contributed by atoms with E-state index in [1.807, 2.05) is 48.5 Å². The summed E-state index contributed by atoms with van der Waals surface area (Å²) in [5.74, 6) is 0.915. The van der Waals surface area contributed by atoms with Crippen LogP contribution in [0.3, 0.4) is 0 Å². The second-order valence-corrected chi connectivity index (χ2v) is 20.0. The molecule has 2 bridgehead atoms. The quantitative estimate of drug-likeness (QED) is 0.316. The van der Waals surface area contributed by atoms with Gasteiger partial charge in [0.15, 0.2) is 11.6 Å². The molecule has 2 amide bonds. The fourth-order valence-corrected chi connectivity index (χ4v) is 11.3. The van der Waals surface area contributed by atoms with Gasteiger partial charge >= 0.3 is 6.09 Å². The topological polar surface area (TPSA) is 132 Å². The van der Waals surface area contributed by atoms with E-state index in [2.05, 4.69) is 19.8 Å². The third kappa shape index (κ3) is 8.35. The Labute approximate surface area is 331 Å². The number of rotatable bonds is 10. The molecule has 2 unspecified atom stereocenters. The van der Waals surface area contributed by atoms with E-state index in [0.29, 0.717) is 43.7 Å². The maximum atomic E-state index is 14.5.